The van der Waals surface area contributed by atoms with Crippen LogP contribution < -0.4 is 0 Å². The Morgan fingerprint density at radius 1 is 1.20 bits per heavy atom. The molecule has 2 aliphatic rings. The maximum atomic E-state index is 12.4. The van der Waals surface area contributed by atoms with Crippen molar-refractivity contribution in [3.05, 3.63) is 0 Å². The number of ether oxygens (including phenoxy) is 1. The molecule has 6 nitrogen and oxygen atoms in total. The Labute approximate surface area is 121 Å². The first kappa shape index (κ1) is 16.2. The van der Waals surface area contributed by atoms with Crippen LogP contribution in [0.15, 0.2) is 0 Å². The lowest BCUT2D eigenvalue weighted by Gasteiger charge is -2.35. The van der Waals surface area contributed by atoms with E-state index in [-0.39, 0.29) is 35.4 Å². The Hall–Kier alpha value is -0.180. The SMILES string of the molecule is C[C@@H]1CN(S(=O)(=O)C[C@H]2CCCS(=O)(=O)C2)C[C@@H](C)O1. The highest BCUT2D eigenvalue weighted by Crippen LogP contribution is 2.23. The molecule has 8 heteroatoms. The zero-order valence-corrected chi connectivity index (χ0v) is 13.6. The van der Waals surface area contributed by atoms with Crippen molar-refractivity contribution < 1.29 is 21.6 Å². The van der Waals surface area contributed by atoms with Gasteiger partial charge in [0, 0.05) is 13.1 Å². The number of rotatable bonds is 3. The van der Waals surface area contributed by atoms with Gasteiger partial charge in [-0.2, -0.15) is 4.31 Å². The van der Waals surface area contributed by atoms with E-state index in [1.165, 1.54) is 4.31 Å². The third-order valence-electron chi connectivity index (χ3n) is 3.78. The van der Waals surface area contributed by atoms with Crippen molar-refractivity contribution in [3.63, 3.8) is 0 Å². The van der Waals surface area contributed by atoms with Crippen LogP contribution in [0.4, 0.5) is 0 Å². The smallest absolute Gasteiger partial charge is 0.214 e. The molecule has 2 heterocycles. The van der Waals surface area contributed by atoms with Gasteiger partial charge in [0.2, 0.25) is 10.0 Å². The van der Waals surface area contributed by atoms with Gasteiger partial charge in [-0.25, -0.2) is 16.8 Å². The van der Waals surface area contributed by atoms with Crippen LogP contribution in [-0.2, 0) is 24.6 Å². The number of nitrogens with zero attached hydrogens (tertiary/aromatic N) is 1. The Balaban J connectivity index is 2.03. The van der Waals surface area contributed by atoms with Gasteiger partial charge in [0.25, 0.3) is 0 Å². The second-order valence-electron chi connectivity index (χ2n) is 5.98. The van der Waals surface area contributed by atoms with Crippen molar-refractivity contribution in [3.8, 4) is 0 Å². The average molecular weight is 325 g/mol. The van der Waals surface area contributed by atoms with Crippen molar-refractivity contribution in [2.75, 3.05) is 30.3 Å². The first-order valence-corrected chi connectivity index (χ1v) is 10.4. The Morgan fingerprint density at radius 2 is 1.80 bits per heavy atom. The largest absolute Gasteiger partial charge is 0.373 e. The molecule has 0 spiro atoms. The van der Waals surface area contributed by atoms with E-state index >= 15 is 0 Å². The van der Waals surface area contributed by atoms with Crippen LogP contribution in [-0.4, -0.2) is 63.7 Å². The quantitative estimate of drug-likeness (QED) is 0.743. The molecule has 2 rings (SSSR count). The molecule has 0 radical (unpaired) electrons. The maximum Gasteiger partial charge on any atom is 0.214 e. The summed E-state index contributed by atoms with van der Waals surface area (Å²) in [7, 11) is -6.47. The summed E-state index contributed by atoms with van der Waals surface area (Å²) in [6.07, 6.45) is 0.999. The minimum absolute atomic E-state index is 0.00166. The van der Waals surface area contributed by atoms with Crippen LogP contribution in [0.25, 0.3) is 0 Å². The van der Waals surface area contributed by atoms with E-state index in [0.29, 0.717) is 25.9 Å². The summed E-state index contributed by atoms with van der Waals surface area (Å²) in [5, 5.41) is 0. The van der Waals surface area contributed by atoms with Gasteiger partial charge in [0.1, 0.15) is 0 Å². The van der Waals surface area contributed by atoms with Gasteiger partial charge in [-0.05, 0) is 32.6 Å². The number of sulfone groups is 1. The van der Waals surface area contributed by atoms with Crippen LogP contribution >= 0.6 is 0 Å². The molecule has 0 bridgehead atoms. The fourth-order valence-electron chi connectivity index (χ4n) is 3.01. The van der Waals surface area contributed by atoms with Crippen LogP contribution in [0.5, 0.6) is 0 Å². The molecule has 2 aliphatic heterocycles. The van der Waals surface area contributed by atoms with Crippen molar-refractivity contribution >= 4 is 19.9 Å². The average Bonchev–Trinajstić information content (AvgIpc) is 2.25. The standard InChI is InChI=1S/C12H23NO5S2/c1-10-6-13(7-11(2)18-10)20(16,17)9-12-4-3-5-19(14,15)8-12/h10-12H,3-9H2,1-2H3/t10-,11-,12+/m1/s1. The monoisotopic (exact) mass is 325 g/mol. The van der Waals surface area contributed by atoms with Gasteiger partial charge in [-0.3, -0.25) is 0 Å². The molecule has 118 valence electrons. The third kappa shape index (κ3) is 4.16. The number of sulfonamides is 1. The summed E-state index contributed by atoms with van der Waals surface area (Å²) >= 11 is 0. The molecule has 0 aromatic heterocycles. The zero-order valence-electron chi connectivity index (χ0n) is 12.0. The predicted octanol–water partition coefficient (Wildman–Crippen LogP) is 0.250. The van der Waals surface area contributed by atoms with E-state index in [4.69, 9.17) is 4.74 Å². The van der Waals surface area contributed by atoms with E-state index < -0.39 is 19.9 Å². The second kappa shape index (κ2) is 5.90. The molecule has 2 saturated heterocycles. The summed E-state index contributed by atoms with van der Waals surface area (Å²) in [5.41, 5.74) is 0. The Morgan fingerprint density at radius 3 is 2.35 bits per heavy atom. The van der Waals surface area contributed by atoms with Gasteiger partial charge in [-0.1, -0.05) is 0 Å². The summed E-state index contributed by atoms with van der Waals surface area (Å²) in [6.45, 7) is 4.41. The maximum absolute atomic E-state index is 12.4. The molecule has 0 saturated carbocycles. The molecule has 0 aliphatic carbocycles. The normalized spacial score (nSPS) is 35.8. The van der Waals surface area contributed by atoms with E-state index in [1.807, 2.05) is 13.8 Å². The molecular weight excluding hydrogens is 302 g/mol. The summed E-state index contributed by atoms with van der Waals surface area (Å²) in [6, 6.07) is 0. The highest BCUT2D eigenvalue weighted by Gasteiger charge is 2.35. The molecule has 3 atom stereocenters. The fourth-order valence-corrected chi connectivity index (χ4v) is 6.90. The van der Waals surface area contributed by atoms with E-state index in [2.05, 4.69) is 0 Å². The van der Waals surface area contributed by atoms with Crippen LogP contribution in [0.1, 0.15) is 26.7 Å². The predicted molar refractivity (Wildman–Crippen MR) is 76.7 cm³/mol. The summed E-state index contributed by atoms with van der Waals surface area (Å²) in [4.78, 5) is 0. The van der Waals surface area contributed by atoms with Gasteiger partial charge in [0.15, 0.2) is 9.84 Å². The Kier molecular flexibility index (Phi) is 4.78. The topological polar surface area (TPSA) is 80.8 Å². The number of morpholine rings is 1. The lowest BCUT2D eigenvalue weighted by molar-refractivity contribution is -0.0441. The molecule has 0 unspecified atom stereocenters. The first-order chi connectivity index (χ1) is 9.18. The number of hydrogen-bond acceptors (Lipinski definition) is 5. The first-order valence-electron chi connectivity index (χ1n) is 7.02. The molecular formula is C12H23NO5S2. The molecule has 2 fully saturated rings. The molecule has 0 amide bonds. The summed E-state index contributed by atoms with van der Waals surface area (Å²) in [5.74, 6) is -0.144. The fraction of sp³-hybridized carbons (Fsp3) is 1.00. The Bertz CT molecular complexity index is 532. The van der Waals surface area contributed by atoms with Gasteiger partial charge in [-0.15, -0.1) is 0 Å². The minimum atomic E-state index is -3.41. The van der Waals surface area contributed by atoms with E-state index in [1.54, 1.807) is 0 Å². The van der Waals surface area contributed by atoms with Crippen molar-refractivity contribution in [2.45, 2.75) is 38.9 Å². The number of hydrogen-bond donors (Lipinski definition) is 0. The van der Waals surface area contributed by atoms with Gasteiger partial charge in [0.05, 0.1) is 29.5 Å². The van der Waals surface area contributed by atoms with Crippen LogP contribution in [0.3, 0.4) is 0 Å². The van der Waals surface area contributed by atoms with E-state index in [9.17, 15) is 16.8 Å². The molecule has 20 heavy (non-hydrogen) atoms. The van der Waals surface area contributed by atoms with Crippen LogP contribution in [0, 0.1) is 5.92 Å². The van der Waals surface area contributed by atoms with Crippen molar-refractivity contribution in [1.29, 1.82) is 0 Å². The van der Waals surface area contributed by atoms with Gasteiger partial charge >= 0.3 is 0 Å². The van der Waals surface area contributed by atoms with Crippen LogP contribution in [0.2, 0.25) is 0 Å². The van der Waals surface area contributed by atoms with Crippen molar-refractivity contribution in [2.24, 2.45) is 5.92 Å². The zero-order chi connectivity index (χ0) is 15.0. The van der Waals surface area contributed by atoms with E-state index in [0.717, 1.165) is 0 Å². The third-order valence-corrected chi connectivity index (χ3v) is 7.65. The lowest BCUT2D eigenvalue weighted by atomic mass is 10.1. The molecule has 0 aromatic carbocycles. The second-order valence-corrected chi connectivity index (χ2v) is 10.2. The lowest BCUT2D eigenvalue weighted by Crippen LogP contribution is -2.49. The van der Waals surface area contributed by atoms with Gasteiger partial charge < -0.3 is 4.74 Å². The van der Waals surface area contributed by atoms with Crippen molar-refractivity contribution in [1.82, 2.24) is 4.31 Å². The molecule has 0 aromatic rings. The summed E-state index contributed by atoms with van der Waals surface area (Å²) < 4.78 is 55.0. The minimum Gasteiger partial charge on any atom is -0.373 e. The highest BCUT2D eigenvalue weighted by atomic mass is 32.2. The molecule has 0 N–H and O–H groups in total. The highest BCUT2D eigenvalue weighted by molar-refractivity contribution is 7.91.